The van der Waals surface area contributed by atoms with Gasteiger partial charge in [-0.05, 0) is 6.07 Å². The van der Waals surface area contributed by atoms with Crippen molar-refractivity contribution in [2.24, 2.45) is 0 Å². The second-order valence-corrected chi connectivity index (χ2v) is 3.97. The SMILES string of the molecule is COc1cc(OC)c(OC)cc1CNCc1ncon1. The molecule has 0 aliphatic heterocycles. The van der Waals surface area contributed by atoms with Crippen molar-refractivity contribution in [2.75, 3.05) is 21.3 Å². The summed E-state index contributed by atoms with van der Waals surface area (Å²) in [5.74, 6) is 2.61. The summed E-state index contributed by atoms with van der Waals surface area (Å²) in [5, 5.41) is 6.93. The highest BCUT2D eigenvalue weighted by Gasteiger charge is 2.11. The normalized spacial score (nSPS) is 10.3. The Morgan fingerprint density at radius 3 is 2.30 bits per heavy atom. The molecule has 0 amide bonds. The van der Waals surface area contributed by atoms with E-state index in [4.69, 9.17) is 14.2 Å². The lowest BCUT2D eigenvalue weighted by Crippen LogP contribution is -2.14. The molecule has 0 spiro atoms. The zero-order valence-electron chi connectivity index (χ0n) is 11.7. The predicted octanol–water partition coefficient (Wildman–Crippen LogP) is 1.39. The van der Waals surface area contributed by atoms with E-state index in [0.717, 1.165) is 11.3 Å². The lowest BCUT2D eigenvalue weighted by Gasteiger charge is -2.14. The van der Waals surface area contributed by atoms with E-state index in [-0.39, 0.29) is 0 Å². The van der Waals surface area contributed by atoms with Crippen molar-refractivity contribution in [3.63, 3.8) is 0 Å². The standard InChI is InChI=1S/C13H17N3O4/c1-17-10-5-12(19-3)11(18-2)4-9(10)6-14-7-13-15-8-20-16-13/h4-5,8,14H,6-7H2,1-3H3. The van der Waals surface area contributed by atoms with Crippen LogP contribution in [0.25, 0.3) is 0 Å². The molecule has 0 radical (unpaired) electrons. The molecule has 2 rings (SSSR count). The molecule has 0 aliphatic rings. The van der Waals surface area contributed by atoms with Crippen molar-refractivity contribution < 1.29 is 18.7 Å². The highest BCUT2D eigenvalue weighted by molar-refractivity contribution is 5.50. The number of hydrogen-bond donors (Lipinski definition) is 1. The van der Waals surface area contributed by atoms with E-state index in [1.54, 1.807) is 27.4 Å². The summed E-state index contributed by atoms with van der Waals surface area (Å²) in [6.07, 6.45) is 1.30. The predicted molar refractivity (Wildman–Crippen MR) is 70.9 cm³/mol. The summed E-state index contributed by atoms with van der Waals surface area (Å²) in [7, 11) is 4.80. The highest BCUT2D eigenvalue weighted by atomic mass is 16.5. The second-order valence-electron chi connectivity index (χ2n) is 3.97. The van der Waals surface area contributed by atoms with Crippen molar-refractivity contribution in [1.82, 2.24) is 15.5 Å². The molecule has 108 valence electrons. The first-order valence-corrected chi connectivity index (χ1v) is 6.03. The third-order valence-corrected chi connectivity index (χ3v) is 2.79. The Labute approximate surface area is 116 Å². The van der Waals surface area contributed by atoms with E-state index in [1.165, 1.54) is 6.39 Å². The van der Waals surface area contributed by atoms with E-state index < -0.39 is 0 Å². The minimum Gasteiger partial charge on any atom is -0.496 e. The molecule has 0 fully saturated rings. The van der Waals surface area contributed by atoms with Gasteiger partial charge >= 0.3 is 0 Å². The van der Waals surface area contributed by atoms with Gasteiger partial charge in [0, 0.05) is 18.2 Å². The average Bonchev–Trinajstić information content (AvgIpc) is 2.99. The summed E-state index contributed by atoms with van der Waals surface area (Å²) in [5.41, 5.74) is 0.952. The van der Waals surface area contributed by atoms with E-state index >= 15 is 0 Å². The third kappa shape index (κ3) is 3.18. The number of nitrogens with zero attached hydrogens (tertiary/aromatic N) is 2. The molecule has 0 bridgehead atoms. The maximum atomic E-state index is 5.35. The Balaban J connectivity index is 2.09. The first-order chi connectivity index (χ1) is 9.78. The lowest BCUT2D eigenvalue weighted by molar-refractivity contribution is 0.347. The minimum atomic E-state index is 0.508. The fourth-order valence-electron chi connectivity index (χ4n) is 1.81. The Morgan fingerprint density at radius 1 is 1.00 bits per heavy atom. The smallest absolute Gasteiger partial charge is 0.213 e. The maximum absolute atomic E-state index is 5.35. The Bertz CT molecular complexity index is 543. The first-order valence-electron chi connectivity index (χ1n) is 6.03. The molecule has 0 atom stereocenters. The molecule has 2 aromatic rings. The van der Waals surface area contributed by atoms with Gasteiger partial charge < -0.3 is 24.1 Å². The molecule has 1 N–H and O–H groups in total. The number of benzene rings is 1. The van der Waals surface area contributed by atoms with E-state index in [2.05, 4.69) is 20.0 Å². The number of rotatable bonds is 7. The summed E-state index contributed by atoms with van der Waals surface area (Å²) < 4.78 is 20.5. The van der Waals surface area contributed by atoms with Gasteiger partial charge in [0.1, 0.15) is 5.75 Å². The van der Waals surface area contributed by atoms with Gasteiger partial charge in [0.05, 0.1) is 27.9 Å². The Kier molecular flexibility index (Phi) is 4.78. The molecule has 0 unspecified atom stereocenters. The first kappa shape index (κ1) is 14.1. The largest absolute Gasteiger partial charge is 0.496 e. The topological polar surface area (TPSA) is 78.6 Å². The van der Waals surface area contributed by atoms with Gasteiger partial charge in [-0.3, -0.25) is 0 Å². The lowest BCUT2D eigenvalue weighted by atomic mass is 10.1. The molecule has 20 heavy (non-hydrogen) atoms. The summed E-state index contributed by atoms with van der Waals surface area (Å²) in [4.78, 5) is 3.93. The van der Waals surface area contributed by atoms with Crippen LogP contribution in [0.2, 0.25) is 0 Å². The van der Waals surface area contributed by atoms with Crippen molar-refractivity contribution in [3.8, 4) is 17.2 Å². The van der Waals surface area contributed by atoms with Crippen LogP contribution in [0.5, 0.6) is 17.2 Å². The quantitative estimate of drug-likeness (QED) is 0.820. The van der Waals surface area contributed by atoms with Gasteiger partial charge in [-0.15, -0.1) is 0 Å². The Morgan fingerprint density at radius 2 is 1.70 bits per heavy atom. The van der Waals surface area contributed by atoms with Crippen molar-refractivity contribution in [1.29, 1.82) is 0 Å². The molecule has 1 aromatic carbocycles. The van der Waals surface area contributed by atoms with Crippen LogP contribution in [0.15, 0.2) is 23.0 Å². The van der Waals surface area contributed by atoms with Crippen molar-refractivity contribution in [3.05, 3.63) is 29.9 Å². The van der Waals surface area contributed by atoms with Crippen LogP contribution in [0, 0.1) is 0 Å². The molecule has 7 heteroatoms. The molecule has 0 saturated carbocycles. The van der Waals surface area contributed by atoms with Crippen LogP contribution >= 0.6 is 0 Å². The van der Waals surface area contributed by atoms with E-state index in [1.807, 2.05) is 6.07 Å². The van der Waals surface area contributed by atoms with Crippen LogP contribution in [-0.4, -0.2) is 31.5 Å². The fourth-order valence-corrected chi connectivity index (χ4v) is 1.81. The van der Waals surface area contributed by atoms with Gasteiger partial charge in [-0.1, -0.05) is 5.16 Å². The third-order valence-electron chi connectivity index (χ3n) is 2.79. The van der Waals surface area contributed by atoms with Crippen molar-refractivity contribution in [2.45, 2.75) is 13.1 Å². The highest BCUT2D eigenvalue weighted by Crippen LogP contribution is 2.34. The van der Waals surface area contributed by atoms with Gasteiger partial charge in [0.25, 0.3) is 0 Å². The molecule has 0 saturated heterocycles. The van der Waals surface area contributed by atoms with Crippen LogP contribution in [0.1, 0.15) is 11.4 Å². The van der Waals surface area contributed by atoms with Gasteiger partial charge in [-0.25, -0.2) is 0 Å². The summed E-state index contributed by atoms with van der Waals surface area (Å²) in [6, 6.07) is 3.67. The number of hydrogen-bond acceptors (Lipinski definition) is 7. The van der Waals surface area contributed by atoms with Crippen molar-refractivity contribution >= 4 is 0 Å². The summed E-state index contributed by atoms with van der Waals surface area (Å²) >= 11 is 0. The van der Waals surface area contributed by atoms with E-state index in [0.29, 0.717) is 30.4 Å². The molecule has 7 nitrogen and oxygen atoms in total. The number of ether oxygens (including phenoxy) is 3. The molecule has 0 aliphatic carbocycles. The van der Waals surface area contributed by atoms with E-state index in [9.17, 15) is 0 Å². The summed E-state index contributed by atoms with van der Waals surface area (Å²) in [6.45, 7) is 1.09. The number of nitrogens with one attached hydrogen (secondary N) is 1. The Hall–Kier alpha value is -2.28. The van der Waals surface area contributed by atoms with Crippen LogP contribution in [-0.2, 0) is 13.1 Å². The van der Waals surface area contributed by atoms with Crippen LogP contribution in [0.3, 0.4) is 0 Å². The van der Waals surface area contributed by atoms with Gasteiger partial charge in [0.15, 0.2) is 17.3 Å². The van der Waals surface area contributed by atoms with Gasteiger partial charge in [-0.2, -0.15) is 4.98 Å². The molecule has 1 heterocycles. The maximum Gasteiger partial charge on any atom is 0.213 e. The van der Waals surface area contributed by atoms with Crippen LogP contribution in [0.4, 0.5) is 0 Å². The second kappa shape index (κ2) is 6.76. The number of methoxy groups -OCH3 is 3. The average molecular weight is 279 g/mol. The number of aromatic nitrogens is 2. The van der Waals surface area contributed by atoms with Gasteiger partial charge in [0.2, 0.25) is 6.39 Å². The minimum absolute atomic E-state index is 0.508. The molecule has 1 aromatic heterocycles. The molecular formula is C13H17N3O4. The molecular weight excluding hydrogens is 262 g/mol. The fraction of sp³-hybridized carbons (Fsp3) is 0.385. The van der Waals surface area contributed by atoms with Crippen LogP contribution < -0.4 is 19.5 Å². The zero-order valence-corrected chi connectivity index (χ0v) is 11.7. The zero-order chi connectivity index (χ0) is 14.4. The monoisotopic (exact) mass is 279 g/mol.